The predicted octanol–water partition coefficient (Wildman–Crippen LogP) is 0.875. The smallest absolute Gasteiger partial charge is 0.302 e. The molecular formula is C13H14O3. The van der Waals surface area contributed by atoms with Crippen molar-refractivity contribution in [2.45, 2.75) is 19.4 Å². The summed E-state index contributed by atoms with van der Waals surface area (Å²) in [5.41, 5.74) is 0. The molecule has 0 radical (unpaired) electrons. The van der Waals surface area contributed by atoms with Crippen LogP contribution in [-0.2, 0) is 14.3 Å². The average Bonchev–Trinajstić information content (AvgIpc) is 2.66. The Morgan fingerprint density at radius 3 is 2.69 bits per heavy atom. The van der Waals surface area contributed by atoms with E-state index in [2.05, 4.69) is 0 Å². The normalized spacial score (nSPS) is 66.6. The lowest BCUT2D eigenvalue weighted by Crippen LogP contribution is -2.51. The Labute approximate surface area is 93.5 Å². The van der Waals surface area contributed by atoms with Crippen LogP contribution in [-0.4, -0.2) is 17.9 Å². The van der Waals surface area contributed by atoms with Crippen molar-refractivity contribution < 1.29 is 14.3 Å². The lowest BCUT2D eigenvalue weighted by molar-refractivity contribution is -0.164. The lowest BCUT2D eigenvalue weighted by atomic mass is 9.59. The Morgan fingerprint density at radius 2 is 1.94 bits per heavy atom. The van der Waals surface area contributed by atoms with Gasteiger partial charge in [0.05, 0.1) is 0 Å². The van der Waals surface area contributed by atoms with E-state index in [1.807, 2.05) is 0 Å². The van der Waals surface area contributed by atoms with Crippen LogP contribution in [0.15, 0.2) is 0 Å². The Kier molecular flexibility index (Phi) is 1.08. The quantitative estimate of drug-likeness (QED) is 0.613. The van der Waals surface area contributed by atoms with Crippen LogP contribution in [0.3, 0.4) is 0 Å². The molecule has 0 N–H and O–H groups in total. The summed E-state index contributed by atoms with van der Waals surface area (Å²) >= 11 is 0. The van der Waals surface area contributed by atoms with E-state index in [0.717, 1.165) is 11.8 Å². The zero-order chi connectivity index (χ0) is 10.8. The van der Waals surface area contributed by atoms with Crippen LogP contribution >= 0.6 is 0 Å². The van der Waals surface area contributed by atoms with Crippen LogP contribution in [0.4, 0.5) is 0 Å². The molecule has 2 bridgehead atoms. The summed E-state index contributed by atoms with van der Waals surface area (Å²) in [6, 6.07) is 0. The van der Waals surface area contributed by atoms with Gasteiger partial charge in [-0.15, -0.1) is 0 Å². The van der Waals surface area contributed by atoms with Crippen molar-refractivity contribution in [1.29, 1.82) is 0 Å². The van der Waals surface area contributed by atoms with Gasteiger partial charge >= 0.3 is 5.97 Å². The molecule has 5 aliphatic carbocycles. The second-order valence-electron chi connectivity index (χ2n) is 6.40. The number of hydrogen-bond donors (Lipinski definition) is 0. The summed E-state index contributed by atoms with van der Waals surface area (Å²) in [5, 5.41) is 0. The molecule has 0 unspecified atom stereocenters. The molecule has 3 heteroatoms. The van der Waals surface area contributed by atoms with E-state index in [-0.39, 0.29) is 23.9 Å². The van der Waals surface area contributed by atoms with E-state index in [9.17, 15) is 9.59 Å². The van der Waals surface area contributed by atoms with Crippen LogP contribution in [0.2, 0.25) is 0 Å². The van der Waals surface area contributed by atoms with Gasteiger partial charge in [0.25, 0.3) is 0 Å². The number of fused-ring (bicyclic) bond motifs is 2. The Balaban J connectivity index is 1.65. The summed E-state index contributed by atoms with van der Waals surface area (Å²) in [6.07, 6.45) is 1.35. The molecular weight excluding hydrogens is 204 g/mol. The first-order valence-corrected chi connectivity index (χ1v) is 6.41. The number of Topliss-reactive ketones (excluding diaryl/α,β-unsaturated/α-hetero) is 1. The molecule has 0 saturated heterocycles. The zero-order valence-corrected chi connectivity index (χ0v) is 9.13. The van der Waals surface area contributed by atoms with Gasteiger partial charge in [-0.25, -0.2) is 0 Å². The maximum atomic E-state index is 12.2. The number of esters is 1. The van der Waals surface area contributed by atoms with Gasteiger partial charge in [0, 0.05) is 30.6 Å². The highest BCUT2D eigenvalue weighted by Crippen LogP contribution is 2.82. The maximum absolute atomic E-state index is 12.2. The van der Waals surface area contributed by atoms with Gasteiger partial charge in [-0.05, 0) is 30.1 Å². The van der Waals surface area contributed by atoms with Crippen molar-refractivity contribution in [3.05, 3.63) is 0 Å². The molecule has 0 amide bonds. The van der Waals surface area contributed by atoms with Crippen molar-refractivity contribution in [3.63, 3.8) is 0 Å². The highest BCUT2D eigenvalue weighted by atomic mass is 16.5. The number of ketones is 1. The molecule has 5 fully saturated rings. The zero-order valence-electron chi connectivity index (χ0n) is 9.13. The number of ether oxygens (including phenoxy) is 1. The van der Waals surface area contributed by atoms with E-state index in [1.54, 1.807) is 0 Å². The first kappa shape index (κ1) is 8.26. The van der Waals surface area contributed by atoms with Gasteiger partial charge in [-0.1, -0.05) is 0 Å². The molecule has 0 spiro atoms. The molecule has 0 aromatic heterocycles. The molecule has 5 aliphatic rings. The lowest BCUT2D eigenvalue weighted by Gasteiger charge is -2.45. The summed E-state index contributed by atoms with van der Waals surface area (Å²) in [4.78, 5) is 23.4. The van der Waals surface area contributed by atoms with E-state index in [1.165, 1.54) is 13.3 Å². The van der Waals surface area contributed by atoms with Crippen molar-refractivity contribution in [2.75, 3.05) is 0 Å². The summed E-state index contributed by atoms with van der Waals surface area (Å²) in [7, 11) is 0. The van der Waals surface area contributed by atoms with Crippen molar-refractivity contribution in [3.8, 4) is 0 Å². The number of rotatable bonds is 1. The van der Waals surface area contributed by atoms with Gasteiger partial charge in [0.2, 0.25) is 0 Å². The van der Waals surface area contributed by atoms with Crippen molar-refractivity contribution in [1.82, 2.24) is 0 Å². The van der Waals surface area contributed by atoms with Gasteiger partial charge in [-0.2, -0.15) is 0 Å². The Bertz CT molecular complexity index is 442. The predicted molar refractivity (Wildman–Crippen MR) is 53.1 cm³/mol. The minimum Gasteiger partial charge on any atom is -0.462 e. The molecule has 5 rings (SSSR count). The molecule has 84 valence electrons. The van der Waals surface area contributed by atoms with Gasteiger partial charge in [0.15, 0.2) is 0 Å². The monoisotopic (exact) mass is 218 g/mol. The molecule has 5 saturated carbocycles. The van der Waals surface area contributed by atoms with E-state index in [4.69, 9.17) is 4.74 Å². The molecule has 3 nitrogen and oxygen atoms in total. The molecule has 9 atom stereocenters. The number of carbonyl (C=O) groups is 2. The second-order valence-corrected chi connectivity index (χ2v) is 6.40. The van der Waals surface area contributed by atoms with Gasteiger partial charge in [0.1, 0.15) is 11.9 Å². The van der Waals surface area contributed by atoms with Crippen LogP contribution in [0, 0.1) is 47.3 Å². The highest BCUT2D eigenvalue weighted by molar-refractivity contribution is 5.91. The molecule has 0 heterocycles. The van der Waals surface area contributed by atoms with Crippen LogP contribution < -0.4 is 0 Å². The van der Waals surface area contributed by atoms with Crippen LogP contribution in [0.5, 0.6) is 0 Å². The third-order valence-electron chi connectivity index (χ3n) is 6.34. The number of carbonyl (C=O) groups excluding carboxylic acids is 2. The fraction of sp³-hybridized carbons (Fsp3) is 0.846. The van der Waals surface area contributed by atoms with Crippen molar-refractivity contribution in [2.24, 2.45) is 47.3 Å². The Morgan fingerprint density at radius 1 is 1.12 bits per heavy atom. The minimum atomic E-state index is -0.162. The van der Waals surface area contributed by atoms with E-state index in [0.29, 0.717) is 29.5 Å². The molecule has 0 aromatic rings. The second kappa shape index (κ2) is 2.09. The average molecular weight is 218 g/mol. The SMILES string of the molecule is CC(=O)O[C@@H]1[C@@H]2[C@H]3C[C@H]4[C@@H]2C(=O)[C@@H]2[C@@H]4[C@@H]3[C@@H]12. The largest absolute Gasteiger partial charge is 0.462 e. The Hall–Kier alpha value is -0.860. The standard InChI is InChI=1S/C13H14O3/c1-3(14)16-13-9-5-2-4-6-7(5)11(13)10(6)12(15)8(4)9/h4-11,13H,2H2,1H3/t4-,5+,6+,7-,8+,9-,10-,11-,13-/m1/s1. The van der Waals surface area contributed by atoms with Crippen LogP contribution in [0.25, 0.3) is 0 Å². The first-order valence-electron chi connectivity index (χ1n) is 6.41. The third kappa shape index (κ3) is 0.554. The van der Waals surface area contributed by atoms with E-state index >= 15 is 0 Å². The van der Waals surface area contributed by atoms with Gasteiger partial charge in [-0.3, -0.25) is 9.59 Å². The van der Waals surface area contributed by atoms with Gasteiger partial charge < -0.3 is 4.74 Å². The minimum absolute atomic E-state index is 0.101. The third-order valence-corrected chi connectivity index (χ3v) is 6.34. The fourth-order valence-electron chi connectivity index (χ4n) is 6.43. The maximum Gasteiger partial charge on any atom is 0.302 e. The highest BCUT2D eigenvalue weighted by Gasteiger charge is 2.84. The summed E-state index contributed by atoms with van der Waals surface area (Å²) in [5.74, 6) is 4.59. The number of hydrogen-bond acceptors (Lipinski definition) is 3. The molecule has 16 heavy (non-hydrogen) atoms. The van der Waals surface area contributed by atoms with E-state index < -0.39 is 0 Å². The summed E-state index contributed by atoms with van der Waals surface area (Å²) < 4.78 is 5.53. The van der Waals surface area contributed by atoms with Crippen molar-refractivity contribution >= 4 is 11.8 Å². The van der Waals surface area contributed by atoms with Crippen LogP contribution in [0.1, 0.15) is 13.3 Å². The topological polar surface area (TPSA) is 43.4 Å². The fourth-order valence-corrected chi connectivity index (χ4v) is 6.43. The molecule has 0 aliphatic heterocycles. The molecule has 0 aromatic carbocycles. The first-order chi connectivity index (χ1) is 7.70. The summed E-state index contributed by atoms with van der Waals surface area (Å²) in [6.45, 7) is 1.50.